The summed E-state index contributed by atoms with van der Waals surface area (Å²) in [5, 5.41) is 17.1. The molecule has 18 aromatic rings. The van der Waals surface area contributed by atoms with Crippen LogP contribution in [0.15, 0.2) is 239 Å². The van der Waals surface area contributed by atoms with Crippen molar-refractivity contribution >= 4 is 215 Å². The van der Waals surface area contributed by atoms with Gasteiger partial charge in [-0.05, 0) is 108 Å². The van der Waals surface area contributed by atoms with Gasteiger partial charge < -0.3 is 18.6 Å². The molecule has 18 rings (SSSR count). The molecule has 364 valence electrons. The molecule has 6 heterocycles. The van der Waals surface area contributed by atoms with Gasteiger partial charge in [0.05, 0.1) is 32.1 Å². The van der Waals surface area contributed by atoms with Gasteiger partial charge in [-0.3, -0.25) is 0 Å². The molecule has 4 nitrogen and oxygen atoms in total. The fourth-order valence-corrected chi connectivity index (χ4v) is 17.2. The Morgan fingerprint density at radius 2 is 0.615 bits per heavy atom. The van der Waals surface area contributed by atoms with Crippen LogP contribution >= 0.6 is 45.3 Å². The molecule has 8 heteroatoms. The maximum absolute atomic E-state index is 6.77. The molecular formula is C70H38N2O2S4. The van der Waals surface area contributed by atoms with Crippen molar-refractivity contribution in [1.29, 1.82) is 0 Å². The smallest absolute Gasteiger partial charge is 0.159 e. The largest absolute Gasteiger partial charge is 0.454 e. The maximum atomic E-state index is 6.77. The van der Waals surface area contributed by atoms with Gasteiger partial charge in [0.2, 0.25) is 0 Å². The van der Waals surface area contributed by atoms with E-state index in [4.69, 9.17) is 8.83 Å². The predicted molar refractivity (Wildman–Crippen MR) is 339 cm³/mol. The summed E-state index contributed by atoms with van der Waals surface area (Å²) in [5.41, 5.74) is 10.0. The molecule has 0 radical (unpaired) electrons. The van der Waals surface area contributed by atoms with Crippen LogP contribution in [-0.2, 0) is 0 Å². The van der Waals surface area contributed by atoms with Crippen molar-refractivity contribution in [2.24, 2.45) is 0 Å². The summed E-state index contributed by atoms with van der Waals surface area (Å²) in [7, 11) is 0. The highest BCUT2D eigenvalue weighted by Gasteiger charge is 2.26. The van der Waals surface area contributed by atoms with Crippen LogP contribution in [0.5, 0.6) is 0 Å². The van der Waals surface area contributed by atoms with Crippen LogP contribution in [0.1, 0.15) is 0 Å². The molecule has 0 fully saturated rings. The van der Waals surface area contributed by atoms with Crippen molar-refractivity contribution in [3.63, 3.8) is 0 Å². The van der Waals surface area contributed by atoms with Crippen molar-refractivity contribution in [2.75, 3.05) is 9.80 Å². The first-order valence-electron chi connectivity index (χ1n) is 26.1. The molecular weight excluding hydrogens is 1030 g/mol. The average molecular weight is 1070 g/mol. The van der Waals surface area contributed by atoms with Gasteiger partial charge in [0.15, 0.2) is 11.2 Å². The average Bonchev–Trinajstić information content (AvgIpc) is 4.39. The lowest BCUT2D eigenvalue weighted by atomic mass is 10.0. The number of rotatable bonds is 6. The number of furan rings is 2. The van der Waals surface area contributed by atoms with Gasteiger partial charge >= 0.3 is 0 Å². The minimum atomic E-state index is 0.880. The standard InChI is InChI=1S/C70H38N2O2S4/c1-5-25-59-43(13-1)49-17-9-21-55(67(49)73-59)71(57-23-11-19-51-45-15-3-7-27-61(45)77-69(51)57)41-29-31-47-53-33-39-34-54-48-32-30-42(38-66(48)76-64(54)36-40(39)35-63(53)75-65(47)37-41)72(56-22-10-18-50-44-14-2-6-26-60(44)74-68(50)56)58-24-12-20-52-46-16-4-8-28-62(46)78-70(52)58/h1-38H. The minimum absolute atomic E-state index is 0.880. The van der Waals surface area contributed by atoms with E-state index >= 15 is 0 Å². The third-order valence-electron chi connectivity index (χ3n) is 16.0. The molecule has 12 aromatic carbocycles. The number of hydrogen-bond donors (Lipinski definition) is 0. The number of hydrogen-bond acceptors (Lipinski definition) is 8. The van der Waals surface area contributed by atoms with Crippen LogP contribution < -0.4 is 9.80 Å². The Morgan fingerprint density at radius 1 is 0.244 bits per heavy atom. The normalized spacial score (nSPS) is 12.4. The lowest BCUT2D eigenvalue weighted by molar-refractivity contribution is 0.669. The van der Waals surface area contributed by atoms with Gasteiger partial charge in [0.1, 0.15) is 11.2 Å². The van der Waals surface area contributed by atoms with Gasteiger partial charge in [-0.25, -0.2) is 0 Å². The first-order chi connectivity index (χ1) is 38.6. The molecule has 0 spiro atoms. The van der Waals surface area contributed by atoms with Crippen molar-refractivity contribution in [2.45, 2.75) is 0 Å². The summed E-state index contributed by atoms with van der Waals surface area (Å²) >= 11 is 7.45. The first-order valence-corrected chi connectivity index (χ1v) is 29.4. The number of para-hydroxylation sites is 4. The van der Waals surface area contributed by atoms with E-state index in [1.54, 1.807) is 0 Å². The number of fused-ring (bicyclic) bond motifs is 19. The molecule has 6 aromatic heterocycles. The van der Waals surface area contributed by atoms with E-state index in [-0.39, 0.29) is 0 Å². The highest BCUT2D eigenvalue weighted by Crippen LogP contribution is 2.52. The predicted octanol–water partition coefficient (Wildman–Crippen LogP) is 23.0. The Bertz CT molecular complexity index is 5010. The fourth-order valence-electron chi connectivity index (χ4n) is 12.5. The summed E-state index contributed by atoms with van der Waals surface area (Å²) in [5.74, 6) is 0. The van der Waals surface area contributed by atoms with E-state index in [1.165, 1.54) is 91.5 Å². The second-order valence-electron chi connectivity index (χ2n) is 20.3. The summed E-state index contributed by atoms with van der Waals surface area (Å²) in [6.45, 7) is 0. The third-order valence-corrected chi connectivity index (χ3v) is 20.7. The van der Waals surface area contributed by atoms with Gasteiger partial charge in [0, 0.05) is 104 Å². The van der Waals surface area contributed by atoms with E-state index in [2.05, 4.69) is 240 Å². The third kappa shape index (κ3) is 6.19. The summed E-state index contributed by atoms with van der Waals surface area (Å²) in [6.07, 6.45) is 0. The van der Waals surface area contributed by atoms with E-state index < -0.39 is 0 Å². The summed E-state index contributed by atoms with van der Waals surface area (Å²) in [4.78, 5) is 4.85. The molecule has 0 saturated heterocycles. The minimum Gasteiger partial charge on any atom is -0.454 e. The van der Waals surface area contributed by atoms with Crippen LogP contribution in [-0.4, -0.2) is 0 Å². The topological polar surface area (TPSA) is 32.8 Å². The zero-order valence-corrected chi connectivity index (χ0v) is 44.5. The summed E-state index contributed by atoms with van der Waals surface area (Å²) in [6, 6.07) is 84.6. The Balaban J connectivity index is 0.786. The molecule has 0 amide bonds. The molecule has 0 aliphatic rings. The first kappa shape index (κ1) is 43.1. The second-order valence-corrected chi connectivity index (χ2v) is 24.6. The molecule has 0 saturated carbocycles. The summed E-state index contributed by atoms with van der Waals surface area (Å²) < 4.78 is 23.7. The van der Waals surface area contributed by atoms with Crippen LogP contribution in [0.25, 0.3) is 135 Å². The number of thiophene rings is 4. The molecule has 78 heavy (non-hydrogen) atoms. The van der Waals surface area contributed by atoms with Crippen LogP contribution in [0.2, 0.25) is 0 Å². The van der Waals surface area contributed by atoms with E-state index in [0.717, 1.165) is 78.0 Å². The second kappa shape index (κ2) is 16.3. The zero-order valence-electron chi connectivity index (χ0n) is 41.3. The van der Waals surface area contributed by atoms with Crippen molar-refractivity contribution in [3.8, 4) is 0 Å². The van der Waals surface area contributed by atoms with Crippen LogP contribution in [0, 0.1) is 0 Å². The van der Waals surface area contributed by atoms with E-state index in [9.17, 15) is 0 Å². The lowest BCUT2D eigenvalue weighted by Crippen LogP contribution is -2.10. The Hall–Kier alpha value is -9.02. The quantitative estimate of drug-likeness (QED) is 0.166. The SMILES string of the molecule is c1ccc2c(c1)oc1c(N(c3ccc4c(c3)sc3cc5cc6sc7cc(N(c8cccc9c8oc8ccccc89)c8cccc9c8sc8ccccc89)ccc7c6cc5cc34)c3cccc4c3sc3ccccc34)cccc12. The Kier molecular flexibility index (Phi) is 8.99. The van der Waals surface area contributed by atoms with Crippen molar-refractivity contribution < 1.29 is 8.83 Å². The number of nitrogens with zero attached hydrogens (tertiary/aromatic N) is 2. The lowest BCUT2D eigenvalue weighted by Gasteiger charge is -2.26. The maximum Gasteiger partial charge on any atom is 0.159 e. The van der Waals surface area contributed by atoms with E-state index in [1.807, 2.05) is 45.3 Å². The highest BCUT2D eigenvalue weighted by atomic mass is 32.1. The molecule has 0 unspecified atom stereocenters. The Labute approximate surface area is 460 Å². The fraction of sp³-hybridized carbons (Fsp3) is 0. The monoisotopic (exact) mass is 1070 g/mol. The van der Waals surface area contributed by atoms with Gasteiger partial charge in [-0.1, -0.05) is 133 Å². The number of anilines is 6. The zero-order chi connectivity index (χ0) is 50.7. The number of benzene rings is 12. The highest BCUT2D eigenvalue weighted by molar-refractivity contribution is 7.27. The van der Waals surface area contributed by atoms with E-state index in [0.29, 0.717) is 0 Å². The molecule has 0 N–H and O–H groups in total. The van der Waals surface area contributed by atoms with Crippen LogP contribution in [0.4, 0.5) is 34.1 Å². The van der Waals surface area contributed by atoms with Crippen molar-refractivity contribution in [3.05, 3.63) is 231 Å². The van der Waals surface area contributed by atoms with Gasteiger partial charge in [-0.2, -0.15) is 0 Å². The Morgan fingerprint density at radius 3 is 1.10 bits per heavy atom. The molecule has 0 aliphatic heterocycles. The van der Waals surface area contributed by atoms with Crippen LogP contribution in [0.3, 0.4) is 0 Å². The van der Waals surface area contributed by atoms with Gasteiger partial charge in [0.25, 0.3) is 0 Å². The molecule has 0 aliphatic carbocycles. The molecule has 0 atom stereocenters. The molecule has 0 bridgehead atoms. The van der Waals surface area contributed by atoms with Crippen molar-refractivity contribution in [1.82, 2.24) is 0 Å². The van der Waals surface area contributed by atoms with Gasteiger partial charge in [-0.15, -0.1) is 45.3 Å².